The average molecular weight is 688 g/mol. The van der Waals surface area contributed by atoms with Crippen LogP contribution in [0.4, 0.5) is 17.1 Å². The highest BCUT2D eigenvalue weighted by Crippen LogP contribution is 2.41. The zero-order valence-electron chi connectivity index (χ0n) is 29.4. The lowest BCUT2D eigenvalue weighted by molar-refractivity contribution is 0.669. The molecule has 0 spiro atoms. The molecule has 2 heteroatoms. The second kappa shape index (κ2) is 12.2. The van der Waals surface area contributed by atoms with E-state index in [-0.39, 0.29) is 0 Å². The smallest absolute Gasteiger partial charge is 0.137 e. The molecule has 0 saturated heterocycles. The molecule has 0 aliphatic carbocycles. The maximum Gasteiger partial charge on any atom is 0.137 e. The number of benzene rings is 10. The Balaban J connectivity index is 1.01. The lowest BCUT2D eigenvalue weighted by Gasteiger charge is -2.26. The summed E-state index contributed by atoms with van der Waals surface area (Å²) in [6.45, 7) is 0. The number of furan rings is 1. The number of nitrogens with zero attached hydrogens (tertiary/aromatic N) is 1. The van der Waals surface area contributed by atoms with Crippen molar-refractivity contribution in [2.75, 3.05) is 4.90 Å². The van der Waals surface area contributed by atoms with Crippen LogP contribution in [0.5, 0.6) is 0 Å². The summed E-state index contributed by atoms with van der Waals surface area (Å²) in [5.41, 5.74) is 9.76. The van der Waals surface area contributed by atoms with Gasteiger partial charge in [0.1, 0.15) is 11.2 Å². The summed E-state index contributed by atoms with van der Waals surface area (Å²) in [5.74, 6) is 0. The SMILES string of the molecule is c1ccc2c(-c3ccc(N(c4ccc(-c5ccc6c(ccc7ccc8ccccc8c76)c5)cc4)c4ccc5c(c4)oc4ccccc45)cc3)cccc2c1. The molecule has 0 bridgehead atoms. The summed E-state index contributed by atoms with van der Waals surface area (Å²) >= 11 is 0. The highest BCUT2D eigenvalue weighted by atomic mass is 16.3. The van der Waals surface area contributed by atoms with Gasteiger partial charge >= 0.3 is 0 Å². The van der Waals surface area contributed by atoms with E-state index in [4.69, 9.17) is 4.42 Å². The molecular weight excluding hydrogens is 655 g/mol. The quantitative estimate of drug-likeness (QED) is 0.168. The molecule has 1 heterocycles. The minimum absolute atomic E-state index is 0.874. The second-order valence-corrected chi connectivity index (χ2v) is 14.1. The summed E-state index contributed by atoms with van der Waals surface area (Å²) in [6, 6.07) is 72.3. The van der Waals surface area contributed by atoms with Gasteiger partial charge in [-0.2, -0.15) is 0 Å². The van der Waals surface area contributed by atoms with Crippen LogP contribution in [0.1, 0.15) is 0 Å². The van der Waals surface area contributed by atoms with Gasteiger partial charge in [0.25, 0.3) is 0 Å². The van der Waals surface area contributed by atoms with Crippen molar-refractivity contribution >= 4 is 82.1 Å². The average Bonchev–Trinajstić information content (AvgIpc) is 3.62. The normalized spacial score (nSPS) is 11.7. The first kappa shape index (κ1) is 30.5. The molecule has 10 aromatic carbocycles. The molecule has 0 saturated carbocycles. The van der Waals surface area contributed by atoms with E-state index in [9.17, 15) is 0 Å². The summed E-state index contributed by atoms with van der Waals surface area (Å²) in [7, 11) is 0. The van der Waals surface area contributed by atoms with E-state index in [1.807, 2.05) is 12.1 Å². The van der Waals surface area contributed by atoms with Crippen molar-refractivity contribution < 1.29 is 4.42 Å². The van der Waals surface area contributed by atoms with Crippen LogP contribution >= 0.6 is 0 Å². The van der Waals surface area contributed by atoms with Crippen molar-refractivity contribution in [1.29, 1.82) is 0 Å². The molecule has 54 heavy (non-hydrogen) atoms. The summed E-state index contributed by atoms with van der Waals surface area (Å²) in [4.78, 5) is 2.32. The number of rotatable bonds is 5. The minimum Gasteiger partial charge on any atom is -0.456 e. The monoisotopic (exact) mass is 687 g/mol. The zero-order chi connectivity index (χ0) is 35.6. The third-order valence-corrected chi connectivity index (χ3v) is 11.0. The van der Waals surface area contributed by atoms with Crippen molar-refractivity contribution in [2.45, 2.75) is 0 Å². The van der Waals surface area contributed by atoms with E-state index >= 15 is 0 Å². The number of fused-ring (bicyclic) bond motifs is 9. The fraction of sp³-hybridized carbons (Fsp3) is 0. The largest absolute Gasteiger partial charge is 0.456 e. The molecule has 11 rings (SSSR count). The molecule has 11 aromatic rings. The van der Waals surface area contributed by atoms with Gasteiger partial charge in [0.2, 0.25) is 0 Å². The third kappa shape index (κ3) is 4.96. The predicted octanol–water partition coefficient (Wildman–Crippen LogP) is 15.0. The van der Waals surface area contributed by atoms with Gasteiger partial charge in [-0.3, -0.25) is 0 Å². The Morgan fingerprint density at radius 2 is 0.833 bits per heavy atom. The maximum atomic E-state index is 6.37. The summed E-state index contributed by atoms with van der Waals surface area (Å²) in [6.07, 6.45) is 0. The first-order valence-corrected chi connectivity index (χ1v) is 18.5. The molecule has 2 nitrogen and oxygen atoms in total. The van der Waals surface area contributed by atoms with E-state index in [0.717, 1.165) is 39.0 Å². The van der Waals surface area contributed by atoms with E-state index in [0.29, 0.717) is 0 Å². The van der Waals surface area contributed by atoms with Crippen LogP contribution in [0, 0.1) is 0 Å². The Morgan fingerprint density at radius 3 is 1.63 bits per heavy atom. The van der Waals surface area contributed by atoms with Crippen LogP contribution in [0.2, 0.25) is 0 Å². The Labute approximate surface area is 312 Å². The van der Waals surface area contributed by atoms with Crippen molar-refractivity contribution in [2.24, 2.45) is 0 Å². The lowest BCUT2D eigenvalue weighted by atomic mass is 9.94. The highest BCUT2D eigenvalue weighted by molar-refractivity contribution is 6.20. The van der Waals surface area contributed by atoms with Gasteiger partial charge in [0, 0.05) is 33.9 Å². The predicted molar refractivity (Wildman–Crippen MR) is 229 cm³/mol. The Bertz CT molecular complexity index is 3200. The first-order valence-electron chi connectivity index (χ1n) is 18.5. The third-order valence-electron chi connectivity index (χ3n) is 11.0. The number of anilines is 3. The van der Waals surface area contributed by atoms with Crippen LogP contribution in [-0.4, -0.2) is 0 Å². The Hall–Kier alpha value is -7.16. The van der Waals surface area contributed by atoms with Crippen molar-refractivity contribution in [3.8, 4) is 22.3 Å². The molecule has 0 amide bonds. The molecule has 0 aliphatic rings. The van der Waals surface area contributed by atoms with Gasteiger partial charge in [-0.05, 0) is 114 Å². The first-order chi connectivity index (χ1) is 26.7. The maximum absolute atomic E-state index is 6.37. The standard InChI is InChI=1S/C52H33NO/c1-3-11-44-35(8-1)10-7-14-45(44)37-22-27-42(28-23-37)53(43-29-31-49-48-13-5-6-15-50(48)54-51(49)33-43)41-25-20-34(21-26-41)39-24-30-47-40(32-39)19-18-38-17-16-36-9-2-4-12-46(36)52(38)47/h1-33H. The van der Waals surface area contributed by atoms with Crippen LogP contribution < -0.4 is 4.90 Å². The fourth-order valence-corrected chi connectivity index (χ4v) is 8.39. The number of para-hydroxylation sites is 1. The van der Waals surface area contributed by atoms with Crippen LogP contribution in [-0.2, 0) is 0 Å². The molecule has 252 valence electrons. The van der Waals surface area contributed by atoms with E-state index < -0.39 is 0 Å². The summed E-state index contributed by atoms with van der Waals surface area (Å²) < 4.78 is 6.37. The molecule has 0 N–H and O–H groups in total. The minimum atomic E-state index is 0.874. The van der Waals surface area contributed by atoms with Gasteiger partial charge < -0.3 is 9.32 Å². The fourth-order valence-electron chi connectivity index (χ4n) is 8.39. The second-order valence-electron chi connectivity index (χ2n) is 14.1. The number of hydrogen-bond acceptors (Lipinski definition) is 2. The van der Waals surface area contributed by atoms with E-state index in [1.54, 1.807) is 0 Å². The van der Waals surface area contributed by atoms with Crippen molar-refractivity contribution in [3.63, 3.8) is 0 Å². The lowest BCUT2D eigenvalue weighted by Crippen LogP contribution is -2.09. The Kier molecular flexibility index (Phi) is 6.90. The van der Waals surface area contributed by atoms with Crippen LogP contribution in [0.15, 0.2) is 205 Å². The van der Waals surface area contributed by atoms with E-state index in [2.05, 4.69) is 193 Å². The molecule has 0 unspecified atom stereocenters. The molecule has 0 atom stereocenters. The van der Waals surface area contributed by atoms with Crippen LogP contribution in [0.3, 0.4) is 0 Å². The van der Waals surface area contributed by atoms with Gasteiger partial charge in [-0.1, -0.05) is 146 Å². The Morgan fingerprint density at radius 1 is 0.296 bits per heavy atom. The van der Waals surface area contributed by atoms with Crippen LogP contribution in [0.25, 0.3) is 87.3 Å². The topological polar surface area (TPSA) is 16.4 Å². The number of hydrogen-bond donors (Lipinski definition) is 0. The van der Waals surface area contributed by atoms with Gasteiger partial charge in [0.15, 0.2) is 0 Å². The van der Waals surface area contributed by atoms with Gasteiger partial charge in [0.05, 0.1) is 0 Å². The summed E-state index contributed by atoms with van der Waals surface area (Å²) in [5, 5.41) is 12.4. The highest BCUT2D eigenvalue weighted by Gasteiger charge is 2.17. The molecule has 0 fully saturated rings. The zero-order valence-corrected chi connectivity index (χ0v) is 29.4. The van der Waals surface area contributed by atoms with Crippen molar-refractivity contribution in [3.05, 3.63) is 200 Å². The molecule has 0 aliphatic heterocycles. The van der Waals surface area contributed by atoms with E-state index in [1.165, 1.54) is 65.3 Å². The molecule has 1 aromatic heterocycles. The van der Waals surface area contributed by atoms with Gasteiger partial charge in [-0.25, -0.2) is 0 Å². The molecular formula is C52H33NO. The molecule has 0 radical (unpaired) electrons. The van der Waals surface area contributed by atoms with Crippen molar-refractivity contribution in [1.82, 2.24) is 0 Å². The van der Waals surface area contributed by atoms with Gasteiger partial charge in [-0.15, -0.1) is 0 Å².